The highest BCUT2D eigenvalue weighted by Crippen LogP contribution is 2.20. The van der Waals surface area contributed by atoms with Gasteiger partial charge in [0.05, 0.1) is 0 Å². The molecule has 0 radical (unpaired) electrons. The molecule has 9 N–H and O–H groups in total. The summed E-state index contributed by atoms with van der Waals surface area (Å²) < 4.78 is 0. The fourth-order valence-electron chi connectivity index (χ4n) is 6.28. The van der Waals surface area contributed by atoms with Gasteiger partial charge in [-0.3, -0.25) is 28.8 Å². The van der Waals surface area contributed by atoms with Crippen LogP contribution in [0.3, 0.4) is 0 Å². The zero-order valence-corrected chi connectivity index (χ0v) is 32.0. The second-order valence-electron chi connectivity index (χ2n) is 15.7. The van der Waals surface area contributed by atoms with Crippen LogP contribution in [-0.4, -0.2) is 82.7 Å². The van der Waals surface area contributed by atoms with Crippen LogP contribution in [-0.2, 0) is 35.2 Å². The van der Waals surface area contributed by atoms with Crippen molar-refractivity contribution in [2.24, 2.45) is 23.5 Å². The van der Waals surface area contributed by atoms with Gasteiger partial charge in [0.25, 0.3) is 0 Å². The van der Waals surface area contributed by atoms with E-state index in [2.05, 4.69) is 36.9 Å². The summed E-state index contributed by atoms with van der Waals surface area (Å²) in [5.41, 5.74) is 5.80. The number of unbranched alkanes of at least 4 members (excludes halogenated alkanes) is 1. The van der Waals surface area contributed by atoms with E-state index in [1.54, 1.807) is 20.0 Å². The van der Waals surface area contributed by atoms with Gasteiger partial charge in [-0.2, -0.15) is 0 Å². The first kappa shape index (κ1) is 42.0. The monoisotopic (exact) mass is 724 g/mol. The topological polar surface area (TPSA) is 216 Å². The molecule has 1 aliphatic heterocycles. The minimum atomic E-state index is -1.53. The lowest BCUT2D eigenvalue weighted by molar-refractivity contribution is -0.138. The molecular formula is C38H60N8O6. The highest BCUT2D eigenvalue weighted by atomic mass is 16.2. The molecule has 1 aliphatic rings. The van der Waals surface area contributed by atoms with Crippen molar-refractivity contribution in [2.75, 3.05) is 6.54 Å². The first-order valence-corrected chi connectivity index (χ1v) is 18.5. The predicted molar refractivity (Wildman–Crippen MR) is 201 cm³/mol. The fraction of sp³-hybridized carbons (Fsp3) is 0.632. The molecule has 1 aromatic heterocycles. The molecule has 0 unspecified atom stereocenters. The van der Waals surface area contributed by atoms with Crippen molar-refractivity contribution in [3.05, 3.63) is 36.0 Å². The summed E-state index contributed by atoms with van der Waals surface area (Å²) in [4.78, 5) is 86.6. The third-order valence-corrected chi connectivity index (χ3v) is 9.23. The molecule has 288 valence electrons. The predicted octanol–water partition coefficient (Wildman–Crippen LogP) is 1.92. The number of rotatable bonds is 11. The Morgan fingerprint density at radius 3 is 1.81 bits per heavy atom. The van der Waals surface area contributed by atoms with E-state index in [0.29, 0.717) is 19.4 Å². The fourth-order valence-corrected chi connectivity index (χ4v) is 6.28. The number of para-hydroxylation sites is 1. The first-order chi connectivity index (χ1) is 24.4. The standard InChI is InChI=1S/C38H60N8O6/c1-21(2)17-28-32(47)43-29(18-22(3)4)34(49)45-31(23(5)6)36(51)41-27(15-11-12-16-39)35(50)46-38(7,8)37(52)44-30(33(48)42-28)19-24-20-40-26-14-10-9-13-25(24)26/h9-10,13-14,20-23,27-31,40H,11-12,15-19,39H2,1-8H3,(H,41,51)(H,42,48)(H,43,47)(H,44,52)(H,45,49)(H,46,50)/t27-,28-,29+,30-,31-/m0/s1. The van der Waals surface area contributed by atoms with Crippen LogP contribution in [0.1, 0.15) is 93.1 Å². The van der Waals surface area contributed by atoms with Gasteiger partial charge in [-0.25, -0.2) is 0 Å². The average Bonchev–Trinajstić information content (AvgIpc) is 3.46. The van der Waals surface area contributed by atoms with Gasteiger partial charge in [0, 0.05) is 23.5 Å². The van der Waals surface area contributed by atoms with Crippen LogP contribution in [0.4, 0.5) is 0 Å². The summed E-state index contributed by atoms with van der Waals surface area (Å²) in [7, 11) is 0. The summed E-state index contributed by atoms with van der Waals surface area (Å²) in [6.45, 7) is 14.6. The molecule has 3 rings (SSSR count). The summed E-state index contributed by atoms with van der Waals surface area (Å²) >= 11 is 0. The average molecular weight is 725 g/mol. The molecule has 52 heavy (non-hydrogen) atoms. The van der Waals surface area contributed by atoms with Crippen LogP contribution in [0.2, 0.25) is 0 Å². The molecule has 0 spiro atoms. The third-order valence-electron chi connectivity index (χ3n) is 9.23. The highest BCUT2D eigenvalue weighted by Gasteiger charge is 2.38. The Hall–Kier alpha value is -4.46. The van der Waals surface area contributed by atoms with E-state index < -0.39 is 71.2 Å². The van der Waals surface area contributed by atoms with Gasteiger partial charge in [-0.15, -0.1) is 0 Å². The highest BCUT2D eigenvalue weighted by molar-refractivity contribution is 5.99. The van der Waals surface area contributed by atoms with Gasteiger partial charge in [0.15, 0.2) is 0 Å². The normalized spacial score (nSPS) is 24.1. The molecule has 1 aromatic carbocycles. The molecule has 6 amide bonds. The van der Waals surface area contributed by atoms with Gasteiger partial charge in [0.1, 0.15) is 35.7 Å². The van der Waals surface area contributed by atoms with Gasteiger partial charge >= 0.3 is 0 Å². The van der Waals surface area contributed by atoms with Crippen molar-refractivity contribution in [3.8, 4) is 0 Å². The van der Waals surface area contributed by atoms with E-state index in [-0.39, 0.29) is 43.4 Å². The van der Waals surface area contributed by atoms with E-state index in [9.17, 15) is 28.8 Å². The van der Waals surface area contributed by atoms with Gasteiger partial charge in [0.2, 0.25) is 35.4 Å². The second-order valence-corrected chi connectivity index (χ2v) is 15.7. The molecule has 0 saturated carbocycles. The second kappa shape index (κ2) is 18.9. The summed E-state index contributed by atoms with van der Waals surface area (Å²) in [6.07, 6.45) is 3.74. The van der Waals surface area contributed by atoms with Crippen molar-refractivity contribution in [3.63, 3.8) is 0 Å². The Balaban J connectivity index is 2.10. The number of aromatic nitrogens is 1. The molecule has 14 nitrogen and oxygen atoms in total. The number of nitrogens with one attached hydrogen (secondary N) is 7. The summed E-state index contributed by atoms with van der Waals surface area (Å²) in [5.74, 6) is -3.91. The van der Waals surface area contributed by atoms with Crippen molar-refractivity contribution < 1.29 is 28.8 Å². The maximum atomic E-state index is 14.2. The third kappa shape index (κ3) is 11.8. The molecule has 0 aliphatic carbocycles. The maximum Gasteiger partial charge on any atom is 0.245 e. The number of carbonyl (C=O) groups is 6. The lowest BCUT2D eigenvalue weighted by atomic mass is 9.97. The van der Waals surface area contributed by atoms with Crippen molar-refractivity contribution in [2.45, 2.75) is 130 Å². The smallest absolute Gasteiger partial charge is 0.245 e. The first-order valence-electron chi connectivity index (χ1n) is 18.5. The van der Waals surface area contributed by atoms with Crippen LogP contribution in [0.25, 0.3) is 10.9 Å². The lowest BCUT2D eigenvalue weighted by Gasteiger charge is -2.32. The molecule has 1 fully saturated rings. The van der Waals surface area contributed by atoms with Crippen LogP contribution in [0, 0.1) is 17.8 Å². The quantitative estimate of drug-likeness (QED) is 0.161. The Kier molecular flexibility index (Phi) is 15.2. The Morgan fingerprint density at radius 2 is 1.23 bits per heavy atom. The number of hydrogen-bond donors (Lipinski definition) is 8. The SMILES string of the molecule is CC(C)C[C@@H]1NC(=O)[C@H](Cc2c[nH]c3ccccc23)NC(=O)C(C)(C)NC(=O)[C@H](CCCCN)NC(=O)[C@H](C(C)C)NC(=O)[C@@H](CC(C)C)NC1=O. The van der Waals surface area contributed by atoms with Crippen molar-refractivity contribution in [1.29, 1.82) is 0 Å². The number of benzene rings is 1. The van der Waals surface area contributed by atoms with Gasteiger partial charge in [-0.1, -0.05) is 59.7 Å². The number of nitrogens with two attached hydrogens (primary N) is 1. The number of amides is 6. The van der Waals surface area contributed by atoms with Gasteiger partial charge < -0.3 is 42.6 Å². The number of H-pyrrole nitrogens is 1. The Morgan fingerprint density at radius 1 is 0.673 bits per heavy atom. The van der Waals surface area contributed by atoms with E-state index in [4.69, 9.17) is 5.73 Å². The van der Waals surface area contributed by atoms with Crippen LogP contribution < -0.4 is 37.6 Å². The molecule has 14 heteroatoms. The van der Waals surface area contributed by atoms with Crippen LogP contribution in [0.15, 0.2) is 30.5 Å². The number of hydrogen-bond acceptors (Lipinski definition) is 7. The van der Waals surface area contributed by atoms with E-state index in [1.807, 2.05) is 52.0 Å². The van der Waals surface area contributed by atoms with E-state index in [0.717, 1.165) is 16.5 Å². The molecule has 1 saturated heterocycles. The molecular weight excluding hydrogens is 664 g/mol. The number of aromatic amines is 1. The van der Waals surface area contributed by atoms with Crippen molar-refractivity contribution >= 4 is 46.3 Å². The van der Waals surface area contributed by atoms with Gasteiger partial charge in [-0.05, 0) is 81.9 Å². The Labute approximate surface area is 307 Å². The number of carbonyl (C=O) groups excluding carboxylic acids is 6. The van der Waals surface area contributed by atoms with E-state index >= 15 is 0 Å². The zero-order chi connectivity index (χ0) is 38.7. The molecule has 0 bridgehead atoms. The lowest BCUT2D eigenvalue weighted by Crippen LogP contribution is -2.64. The molecule has 2 aromatic rings. The number of fused-ring (bicyclic) bond motifs is 1. The summed E-state index contributed by atoms with van der Waals surface area (Å²) in [5, 5.41) is 17.8. The minimum Gasteiger partial charge on any atom is -0.361 e. The zero-order valence-electron chi connectivity index (χ0n) is 32.0. The van der Waals surface area contributed by atoms with E-state index in [1.165, 1.54) is 13.8 Å². The molecule has 2 heterocycles. The van der Waals surface area contributed by atoms with Crippen LogP contribution >= 0.6 is 0 Å². The Bertz CT molecular complexity index is 1570. The summed E-state index contributed by atoms with van der Waals surface area (Å²) in [6, 6.07) is 2.29. The maximum absolute atomic E-state index is 14.2. The van der Waals surface area contributed by atoms with Crippen LogP contribution in [0.5, 0.6) is 0 Å². The largest absolute Gasteiger partial charge is 0.361 e. The minimum absolute atomic E-state index is 0.00637. The van der Waals surface area contributed by atoms with Crippen molar-refractivity contribution in [1.82, 2.24) is 36.9 Å². The molecule has 5 atom stereocenters.